The molecule has 6 aromatic rings. The van der Waals surface area contributed by atoms with Gasteiger partial charge in [-0.25, -0.2) is 14.4 Å². The lowest BCUT2D eigenvalue weighted by molar-refractivity contribution is -0.0544. The molecule has 0 aliphatic heterocycles. The van der Waals surface area contributed by atoms with Gasteiger partial charge in [-0.2, -0.15) is 0 Å². The van der Waals surface area contributed by atoms with E-state index in [0.29, 0.717) is 55.5 Å². The summed E-state index contributed by atoms with van der Waals surface area (Å²) in [4.78, 5) is 38.6. The first-order chi connectivity index (χ1) is 28.8. The average molecular weight is 803 g/mol. The maximum absolute atomic E-state index is 13.3. The Balaban J connectivity index is 0.944. The summed E-state index contributed by atoms with van der Waals surface area (Å²) in [5.74, 6) is 0.266. The van der Waals surface area contributed by atoms with Gasteiger partial charge in [-0.15, -0.1) is 0 Å². The maximum atomic E-state index is 13.3. The molecule has 0 saturated heterocycles. The number of carbonyl (C=O) groups is 3. The summed E-state index contributed by atoms with van der Waals surface area (Å²) in [6.07, 6.45) is -1.30. The number of para-hydroxylation sites is 1. The highest BCUT2D eigenvalue weighted by Gasteiger charge is 2.19. The van der Waals surface area contributed by atoms with Crippen molar-refractivity contribution in [2.24, 2.45) is 0 Å². The molecule has 306 valence electrons. The Morgan fingerprint density at radius 2 is 0.780 bits per heavy atom. The third-order valence-corrected chi connectivity index (χ3v) is 9.02. The average Bonchev–Trinajstić information content (AvgIpc) is 3.27. The lowest BCUT2D eigenvalue weighted by Gasteiger charge is -2.17. The van der Waals surface area contributed by atoms with Crippen LogP contribution in [0.5, 0.6) is 17.2 Å². The van der Waals surface area contributed by atoms with E-state index in [4.69, 9.17) is 42.6 Å². The Morgan fingerprint density at radius 3 is 1.24 bits per heavy atom. The lowest BCUT2D eigenvalue weighted by atomic mass is 10.0. The number of carbonyl (C=O) groups excluding carboxylic acids is 3. The van der Waals surface area contributed by atoms with E-state index in [9.17, 15) is 14.4 Å². The normalized spacial score (nSPS) is 12.6. The van der Waals surface area contributed by atoms with Crippen molar-refractivity contribution in [3.8, 4) is 17.2 Å². The Hall–Kier alpha value is -6.47. The standard InChI is InChI=1S/C47H46O12/c1-32(26-51-45(48)35-14-6-4-7-15-35)55-30-58-43-24-23-42(38-19-11-12-20-39(38)43)47(50)53-28-34(3)56-31-59-44-25-22-41(37-18-10-13-21-40(37)44)46(49)52-27-33(2)54-29-57-36-16-8-5-9-17-36/h4-25,32-34H,26-31H2,1-3H3. The van der Waals surface area contributed by atoms with E-state index in [1.54, 1.807) is 69.3 Å². The second kappa shape index (κ2) is 21.3. The molecule has 0 saturated carbocycles. The monoisotopic (exact) mass is 802 g/mol. The lowest BCUT2D eigenvalue weighted by Crippen LogP contribution is -2.22. The van der Waals surface area contributed by atoms with Crippen molar-refractivity contribution in [2.75, 3.05) is 40.2 Å². The summed E-state index contributed by atoms with van der Waals surface area (Å²) in [6.45, 7) is 5.23. The third-order valence-electron chi connectivity index (χ3n) is 9.02. The van der Waals surface area contributed by atoms with Gasteiger partial charge >= 0.3 is 17.9 Å². The molecule has 0 fully saturated rings. The number of hydrogen-bond acceptors (Lipinski definition) is 12. The molecule has 0 spiro atoms. The van der Waals surface area contributed by atoms with E-state index in [1.807, 2.05) is 84.9 Å². The van der Waals surface area contributed by atoms with Crippen LogP contribution in [0.25, 0.3) is 21.5 Å². The van der Waals surface area contributed by atoms with E-state index >= 15 is 0 Å². The van der Waals surface area contributed by atoms with Crippen LogP contribution in [-0.4, -0.2) is 76.4 Å². The molecule has 0 bridgehead atoms. The minimum atomic E-state index is -0.524. The molecular weight excluding hydrogens is 757 g/mol. The molecule has 6 rings (SSSR count). The molecule has 12 heteroatoms. The number of fused-ring (bicyclic) bond motifs is 2. The van der Waals surface area contributed by atoms with Crippen LogP contribution in [0, 0.1) is 0 Å². The molecule has 59 heavy (non-hydrogen) atoms. The van der Waals surface area contributed by atoms with Gasteiger partial charge in [-0.05, 0) is 80.1 Å². The molecule has 0 N–H and O–H groups in total. The van der Waals surface area contributed by atoms with Crippen LogP contribution in [0.15, 0.2) is 133 Å². The summed E-state index contributed by atoms with van der Waals surface area (Å²) >= 11 is 0. The van der Waals surface area contributed by atoms with E-state index in [-0.39, 0.29) is 46.3 Å². The van der Waals surface area contributed by atoms with Crippen molar-refractivity contribution < 1.29 is 57.0 Å². The quantitative estimate of drug-likeness (QED) is 0.0391. The van der Waals surface area contributed by atoms with Crippen LogP contribution in [0.3, 0.4) is 0 Å². The number of ether oxygens (including phenoxy) is 9. The summed E-state index contributed by atoms with van der Waals surface area (Å²) in [6, 6.07) is 39.4. The minimum absolute atomic E-state index is 0.0264. The van der Waals surface area contributed by atoms with Gasteiger partial charge in [0.25, 0.3) is 0 Å². The molecule has 0 amide bonds. The van der Waals surface area contributed by atoms with Gasteiger partial charge in [0, 0.05) is 10.8 Å². The van der Waals surface area contributed by atoms with Gasteiger partial charge in [0.15, 0.2) is 20.4 Å². The molecule has 0 heterocycles. The first-order valence-electron chi connectivity index (χ1n) is 19.1. The molecule has 6 aromatic carbocycles. The summed E-state index contributed by atoms with van der Waals surface area (Å²) in [7, 11) is 0. The number of benzene rings is 6. The number of esters is 3. The van der Waals surface area contributed by atoms with Crippen LogP contribution < -0.4 is 14.2 Å². The Kier molecular flexibility index (Phi) is 15.2. The van der Waals surface area contributed by atoms with Gasteiger partial charge in [0.1, 0.15) is 37.1 Å². The second-order valence-corrected chi connectivity index (χ2v) is 13.5. The predicted octanol–water partition coefficient (Wildman–Crippen LogP) is 8.79. The van der Waals surface area contributed by atoms with Crippen LogP contribution in [0.2, 0.25) is 0 Å². The molecule has 12 nitrogen and oxygen atoms in total. The number of hydrogen-bond donors (Lipinski definition) is 0. The second-order valence-electron chi connectivity index (χ2n) is 13.5. The highest BCUT2D eigenvalue weighted by molar-refractivity contribution is 6.07. The Bertz CT molecular complexity index is 2300. The van der Waals surface area contributed by atoms with E-state index < -0.39 is 30.1 Å². The minimum Gasteiger partial charge on any atom is -0.468 e. The number of rotatable bonds is 21. The van der Waals surface area contributed by atoms with Gasteiger partial charge in [-0.1, -0.05) is 84.9 Å². The van der Waals surface area contributed by atoms with Crippen molar-refractivity contribution in [2.45, 2.75) is 39.1 Å². The molecule has 0 aromatic heterocycles. The zero-order chi connectivity index (χ0) is 41.4. The molecule has 0 aliphatic rings. The zero-order valence-corrected chi connectivity index (χ0v) is 33.1. The first kappa shape index (κ1) is 42.1. The van der Waals surface area contributed by atoms with Gasteiger partial charge in [-0.3, -0.25) is 0 Å². The summed E-state index contributed by atoms with van der Waals surface area (Å²) in [5.41, 5.74) is 1.21. The van der Waals surface area contributed by atoms with Crippen molar-refractivity contribution in [1.82, 2.24) is 0 Å². The van der Waals surface area contributed by atoms with E-state index in [0.717, 1.165) is 0 Å². The van der Waals surface area contributed by atoms with Gasteiger partial charge < -0.3 is 42.6 Å². The molecule has 0 radical (unpaired) electrons. The molecule has 3 unspecified atom stereocenters. The van der Waals surface area contributed by atoms with E-state index in [2.05, 4.69) is 0 Å². The van der Waals surface area contributed by atoms with Crippen molar-refractivity contribution in [1.29, 1.82) is 0 Å². The Labute approximate surface area is 342 Å². The topological polar surface area (TPSA) is 134 Å². The fourth-order valence-electron chi connectivity index (χ4n) is 5.85. The Morgan fingerprint density at radius 1 is 0.407 bits per heavy atom. The molecular formula is C47H46O12. The van der Waals surface area contributed by atoms with Gasteiger partial charge in [0.05, 0.1) is 35.0 Å². The van der Waals surface area contributed by atoms with Crippen molar-refractivity contribution in [3.63, 3.8) is 0 Å². The SMILES string of the molecule is CC(COC(=O)c1ccccc1)OCOc1ccc(C(=O)OCC(C)OCOc2ccc(C(=O)OCC(C)OCOc3ccccc3)c3ccccc23)c2ccccc12. The summed E-state index contributed by atoms with van der Waals surface area (Å²) < 4.78 is 51.1. The van der Waals surface area contributed by atoms with Gasteiger partial charge in [0.2, 0.25) is 0 Å². The third kappa shape index (κ3) is 12.0. The van der Waals surface area contributed by atoms with E-state index in [1.165, 1.54) is 0 Å². The van der Waals surface area contributed by atoms with Crippen LogP contribution >= 0.6 is 0 Å². The van der Waals surface area contributed by atoms with Crippen LogP contribution in [0.1, 0.15) is 51.8 Å². The maximum Gasteiger partial charge on any atom is 0.338 e. The zero-order valence-electron chi connectivity index (χ0n) is 33.1. The molecule has 0 aliphatic carbocycles. The van der Waals surface area contributed by atoms with Crippen LogP contribution in [0.4, 0.5) is 0 Å². The highest BCUT2D eigenvalue weighted by Crippen LogP contribution is 2.31. The van der Waals surface area contributed by atoms with Crippen molar-refractivity contribution in [3.05, 3.63) is 150 Å². The fourth-order valence-corrected chi connectivity index (χ4v) is 5.85. The predicted molar refractivity (Wildman–Crippen MR) is 220 cm³/mol. The fraction of sp³-hybridized carbons (Fsp3) is 0.255. The smallest absolute Gasteiger partial charge is 0.338 e. The van der Waals surface area contributed by atoms with Crippen LogP contribution in [-0.2, 0) is 28.4 Å². The molecule has 3 atom stereocenters. The highest BCUT2D eigenvalue weighted by atomic mass is 16.7. The van der Waals surface area contributed by atoms with Crippen molar-refractivity contribution >= 4 is 39.5 Å². The largest absolute Gasteiger partial charge is 0.468 e. The first-order valence-corrected chi connectivity index (χ1v) is 19.1. The summed E-state index contributed by atoms with van der Waals surface area (Å²) in [5, 5.41) is 2.71.